The van der Waals surface area contributed by atoms with Crippen molar-refractivity contribution < 1.29 is 0 Å². The predicted octanol–water partition coefficient (Wildman–Crippen LogP) is 1.51. The van der Waals surface area contributed by atoms with Crippen LogP contribution in [0.1, 0.15) is 17.2 Å². The summed E-state index contributed by atoms with van der Waals surface area (Å²) < 4.78 is 0. The summed E-state index contributed by atoms with van der Waals surface area (Å²) in [5.74, 6) is 6.73. The molecule has 0 saturated carbocycles. The van der Waals surface area contributed by atoms with Gasteiger partial charge < -0.3 is 4.98 Å². The molecule has 2 rings (SSSR count). The topological polar surface area (TPSA) is 41.6 Å². The minimum atomic E-state index is 0.744. The van der Waals surface area contributed by atoms with Crippen molar-refractivity contribution in [2.45, 2.75) is 6.92 Å². The lowest BCUT2D eigenvalue weighted by Crippen LogP contribution is -1.79. The molecule has 68 valence electrons. The first-order chi connectivity index (χ1) is 6.84. The molecule has 0 amide bonds. The van der Waals surface area contributed by atoms with Crippen LogP contribution in [0.15, 0.2) is 30.6 Å². The molecule has 14 heavy (non-hydrogen) atoms. The van der Waals surface area contributed by atoms with Crippen LogP contribution in [0, 0.1) is 18.8 Å². The Morgan fingerprint density at radius 3 is 2.71 bits per heavy atom. The number of nitrogens with one attached hydrogen (secondary N) is 1. The van der Waals surface area contributed by atoms with Gasteiger partial charge in [0.05, 0.1) is 0 Å². The highest BCUT2D eigenvalue weighted by Crippen LogP contribution is 1.94. The Labute approximate surface area is 82.2 Å². The lowest BCUT2D eigenvalue weighted by Gasteiger charge is -1.84. The molecule has 2 aromatic heterocycles. The van der Waals surface area contributed by atoms with Gasteiger partial charge in [-0.3, -0.25) is 0 Å². The number of aryl methyl sites for hydroxylation is 1. The van der Waals surface area contributed by atoms with Gasteiger partial charge >= 0.3 is 0 Å². The van der Waals surface area contributed by atoms with Crippen molar-refractivity contribution >= 4 is 0 Å². The van der Waals surface area contributed by atoms with Crippen molar-refractivity contribution in [3.8, 4) is 11.8 Å². The number of hydrogen-bond donors (Lipinski definition) is 1. The molecule has 3 heteroatoms. The van der Waals surface area contributed by atoms with Crippen LogP contribution in [0.25, 0.3) is 0 Å². The van der Waals surface area contributed by atoms with E-state index in [1.165, 1.54) is 0 Å². The number of hydrogen-bond acceptors (Lipinski definition) is 2. The SMILES string of the molecule is Cc1nc(C#Cc2ccccn2)c[nH]1. The summed E-state index contributed by atoms with van der Waals surface area (Å²) in [6.07, 6.45) is 3.51. The van der Waals surface area contributed by atoms with Crippen LogP contribution < -0.4 is 0 Å². The zero-order chi connectivity index (χ0) is 9.80. The number of aromatic nitrogens is 3. The zero-order valence-electron chi connectivity index (χ0n) is 7.78. The number of rotatable bonds is 0. The van der Waals surface area contributed by atoms with Crippen LogP contribution >= 0.6 is 0 Å². The van der Waals surface area contributed by atoms with Gasteiger partial charge in [0.2, 0.25) is 0 Å². The Hall–Kier alpha value is -2.08. The Morgan fingerprint density at radius 1 is 1.21 bits per heavy atom. The maximum absolute atomic E-state index is 4.17. The second kappa shape index (κ2) is 3.75. The molecule has 1 N–H and O–H groups in total. The van der Waals surface area contributed by atoms with E-state index < -0.39 is 0 Å². The molecule has 0 fully saturated rings. The molecular weight excluding hydrogens is 174 g/mol. The van der Waals surface area contributed by atoms with E-state index in [2.05, 4.69) is 26.8 Å². The first-order valence-corrected chi connectivity index (χ1v) is 4.30. The molecule has 2 heterocycles. The number of aromatic amines is 1. The molecule has 0 radical (unpaired) electrons. The van der Waals surface area contributed by atoms with Crippen LogP contribution in [0.5, 0.6) is 0 Å². The molecule has 0 aliphatic carbocycles. The third-order valence-electron chi connectivity index (χ3n) is 1.69. The number of imidazole rings is 1. The number of H-pyrrole nitrogens is 1. The van der Waals surface area contributed by atoms with Gasteiger partial charge in [0, 0.05) is 12.4 Å². The van der Waals surface area contributed by atoms with Gasteiger partial charge in [0.15, 0.2) is 0 Å². The van der Waals surface area contributed by atoms with Crippen molar-refractivity contribution in [2.75, 3.05) is 0 Å². The summed E-state index contributed by atoms with van der Waals surface area (Å²) in [4.78, 5) is 11.2. The maximum Gasteiger partial charge on any atom is 0.131 e. The van der Waals surface area contributed by atoms with Crippen LogP contribution in [0.4, 0.5) is 0 Å². The lowest BCUT2D eigenvalue weighted by atomic mass is 10.3. The molecule has 0 aromatic carbocycles. The minimum absolute atomic E-state index is 0.744. The van der Waals surface area contributed by atoms with Gasteiger partial charge in [-0.1, -0.05) is 6.07 Å². The van der Waals surface area contributed by atoms with Crippen molar-refractivity contribution in [2.24, 2.45) is 0 Å². The minimum Gasteiger partial charge on any atom is -0.348 e. The van der Waals surface area contributed by atoms with E-state index in [9.17, 15) is 0 Å². The van der Waals surface area contributed by atoms with E-state index in [4.69, 9.17) is 0 Å². The highest BCUT2D eigenvalue weighted by molar-refractivity contribution is 5.35. The highest BCUT2D eigenvalue weighted by atomic mass is 14.9. The van der Waals surface area contributed by atoms with E-state index in [-0.39, 0.29) is 0 Å². The van der Waals surface area contributed by atoms with Crippen molar-refractivity contribution in [1.82, 2.24) is 15.0 Å². The molecule has 3 nitrogen and oxygen atoms in total. The Balaban J connectivity index is 2.23. The molecular formula is C11H9N3. The van der Waals surface area contributed by atoms with Crippen molar-refractivity contribution in [1.29, 1.82) is 0 Å². The van der Waals surface area contributed by atoms with Gasteiger partial charge in [0.25, 0.3) is 0 Å². The van der Waals surface area contributed by atoms with E-state index in [0.717, 1.165) is 17.2 Å². The molecule has 0 saturated heterocycles. The van der Waals surface area contributed by atoms with Crippen molar-refractivity contribution in [3.05, 3.63) is 47.8 Å². The monoisotopic (exact) mass is 183 g/mol. The van der Waals surface area contributed by atoms with E-state index in [1.54, 1.807) is 12.4 Å². The Kier molecular flexibility index (Phi) is 2.28. The smallest absolute Gasteiger partial charge is 0.131 e. The molecule has 0 unspecified atom stereocenters. The lowest BCUT2D eigenvalue weighted by molar-refractivity contribution is 1.14. The first kappa shape index (κ1) is 8.52. The maximum atomic E-state index is 4.17. The van der Waals surface area contributed by atoms with Gasteiger partial charge in [-0.05, 0) is 30.9 Å². The Morgan fingerprint density at radius 2 is 2.07 bits per heavy atom. The van der Waals surface area contributed by atoms with Crippen LogP contribution in [-0.4, -0.2) is 15.0 Å². The largest absolute Gasteiger partial charge is 0.348 e. The van der Waals surface area contributed by atoms with Crippen LogP contribution in [0.2, 0.25) is 0 Å². The summed E-state index contributed by atoms with van der Waals surface area (Å²) >= 11 is 0. The fourth-order valence-corrected chi connectivity index (χ4v) is 1.05. The zero-order valence-corrected chi connectivity index (χ0v) is 7.78. The molecule has 0 atom stereocenters. The Bertz CT molecular complexity index is 474. The number of pyridine rings is 1. The fraction of sp³-hybridized carbons (Fsp3) is 0.0909. The van der Waals surface area contributed by atoms with Gasteiger partial charge in [-0.15, -0.1) is 0 Å². The third-order valence-corrected chi connectivity index (χ3v) is 1.69. The second-order valence-corrected chi connectivity index (χ2v) is 2.84. The molecule has 0 bridgehead atoms. The molecule has 2 aromatic rings. The quantitative estimate of drug-likeness (QED) is 0.629. The molecule has 0 spiro atoms. The molecule has 0 aliphatic rings. The van der Waals surface area contributed by atoms with Gasteiger partial charge in [-0.25, -0.2) is 9.97 Å². The summed E-state index contributed by atoms with van der Waals surface area (Å²) in [7, 11) is 0. The van der Waals surface area contributed by atoms with Gasteiger partial charge in [0.1, 0.15) is 17.2 Å². The molecule has 0 aliphatic heterocycles. The number of nitrogens with zero attached hydrogens (tertiary/aromatic N) is 2. The second-order valence-electron chi connectivity index (χ2n) is 2.84. The first-order valence-electron chi connectivity index (χ1n) is 4.30. The summed E-state index contributed by atoms with van der Waals surface area (Å²) in [5.41, 5.74) is 1.50. The van der Waals surface area contributed by atoms with E-state index >= 15 is 0 Å². The predicted molar refractivity (Wildman–Crippen MR) is 53.5 cm³/mol. The van der Waals surface area contributed by atoms with E-state index in [0.29, 0.717) is 0 Å². The average Bonchev–Trinajstić information content (AvgIpc) is 2.63. The highest BCUT2D eigenvalue weighted by Gasteiger charge is 1.90. The van der Waals surface area contributed by atoms with E-state index in [1.807, 2.05) is 25.1 Å². The van der Waals surface area contributed by atoms with Crippen LogP contribution in [0.3, 0.4) is 0 Å². The average molecular weight is 183 g/mol. The summed E-state index contributed by atoms with van der Waals surface area (Å²) in [5, 5.41) is 0. The van der Waals surface area contributed by atoms with Gasteiger partial charge in [-0.2, -0.15) is 0 Å². The third kappa shape index (κ3) is 1.99. The van der Waals surface area contributed by atoms with Crippen molar-refractivity contribution in [3.63, 3.8) is 0 Å². The summed E-state index contributed by atoms with van der Waals surface area (Å²) in [6.45, 7) is 1.89. The fourth-order valence-electron chi connectivity index (χ4n) is 1.05. The summed E-state index contributed by atoms with van der Waals surface area (Å²) in [6, 6.07) is 5.64. The standard InChI is InChI=1S/C11H9N3/c1-9-13-8-11(14-9)6-5-10-4-2-3-7-12-10/h2-4,7-8H,1H3,(H,13,14). The normalized spacial score (nSPS) is 9.21. The van der Waals surface area contributed by atoms with Crippen LogP contribution in [-0.2, 0) is 0 Å².